The van der Waals surface area contributed by atoms with Gasteiger partial charge in [0.25, 0.3) is 11.6 Å². The topological polar surface area (TPSA) is 96.0 Å². The second-order valence-electron chi connectivity index (χ2n) is 4.60. The molecule has 0 saturated carbocycles. The number of non-ortho nitro benzene ring substituents is 1. The van der Waals surface area contributed by atoms with Crippen LogP contribution in [0.5, 0.6) is 0 Å². The Morgan fingerprint density at radius 1 is 1.58 bits per heavy atom. The van der Waals surface area contributed by atoms with E-state index in [-0.39, 0.29) is 22.8 Å². The average molecular weight is 282 g/mol. The number of benzene rings is 1. The van der Waals surface area contributed by atoms with Crippen molar-refractivity contribution in [1.29, 1.82) is 5.26 Å². The van der Waals surface area contributed by atoms with Crippen molar-refractivity contribution in [3.63, 3.8) is 0 Å². The van der Waals surface area contributed by atoms with Crippen molar-refractivity contribution in [2.24, 2.45) is 5.41 Å². The molecule has 0 aromatic heterocycles. The molecule has 6 nitrogen and oxygen atoms in total. The number of hydrogen-bond acceptors (Lipinski definition) is 4. The van der Waals surface area contributed by atoms with Crippen molar-refractivity contribution >= 4 is 23.2 Å². The monoisotopic (exact) mass is 281 g/mol. The van der Waals surface area contributed by atoms with Gasteiger partial charge in [0.15, 0.2) is 0 Å². The molecule has 100 valence electrons. The lowest BCUT2D eigenvalue weighted by Crippen LogP contribution is -2.33. The zero-order valence-electron chi connectivity index (χ0n) is 10.4. The second kappa shape index (κ2) is 5.67. The maximum absolute atomic E-state index is 11.8. The number of nitrogens with one attached hydrogen (secondary N) is 1. The number of nitro groups is 1. The van der Waals surface area contributed by atoms with E-state index in [1.165, 1.54) is 12.1 Å². The lowest BCUT2D eigenvalue weighted by atomic mass is 9.96. The molecule has 1 aromatic carbocycles. The molecular weight excluding hydrogens is 270 g/mol. The maximum atomic E-state index is 11.8. The molecule has 0 spiro atoms. The molecule has 1 rings (SSSR count). The molecule has 0 atom stereocenters. The normalized spacial score (nSPS) is 10.6. The van der Waals surface area contributed by atoms with Gasteiger partial charge in [0, 0.05) is 18.7 Å². The van der Waals surface area contributed by atoms with Crippen LogP contribution in [-0.2, 0) is 0 Å². The Kier molecular flexibility index (Phi) is 4.46. The molecule has 0 aliphatic rings. The lowest BCUT2D eigenvalue weighted by molar-refractivity contribution is -0.384. The molecule has 1 aromatic rings. The largest absolute Gasteiger partial charge is 0.350 e. The number of nitro benzene ring substituents is 1. The zero-order chi connectivity index (χ0) is 14.6. The highest BCUT2D eigenvalue weighted by atomic mass is 35.5. The van der Waals surface area contributed by atoms with Gasteiger partial charge in [0.05, 0.1) is 27.0 Å². The minimum Gasteiger partial charge on any atom is -0.350 e. The minimum atomic E-state index is -0.692. The van der Waals surface area contributed by atoms with Crippen molar-refractivity contribution in [2.75, 3.05) is 6.54 Å². The predicted octanol–water partition coefficient (Wildman–Crippen LogP) is 2.53. The van der Waals surface area contributed by atoms with Crippen molar-refractivity contribution in [3.8, 4) is 6.07 Å². The summed E-state index contributed by atoms with van der Waals surface area (Å²) in [5.74, 6) is -0.469. The molecule has 1 N–H and O–H groups in total. The fraction of sp³-hybridized carbons (Fsp3) is 0.333. The molecule has 7 heteroatoms. The molecule has 0 aliphatic carbocycles. The molecule has 0 radical (unpaired) electrons. The van der Waals surface area contributed by atoms with Crippen molar-refractivity contribution < 1.29 is 9.72 Å². The molecular formula is C12H12ClN3O3. The van der Waals surface area contributed by atoms with Gasteiger partial charge in [-0.15, -0.1) is 0 Å². The van der Waals surface area contributed by atoms with Crippen molar-refractivity contribution in [1.82, 2.24) is 5.32 Å². The average Bonchev–Trinajstić information content (AvgIpc) is 2.36. The van der Waals surface area contributed by atoms with Gasteiger partial charge < -0.3 is 5.32 Å². The Balaban J connectivity index is 2.84. The number of nitrogens with zero attached hydrogens (tertiary/aromatic N) is 2. The predicted molar refractivity (Wildman–Crippen MR) is 69.8 cm³/mol. The van der Waals surface area contributed by atoms with Crippen LogP contribution in [0.1, 0.15) is 24.2 Å². The lowest BCUT2D eigenvalue weighted by Gasteiger charge is -2.16. The standard InChI is InChI=1S/C12H12ClN3O3/c1-12(2,6-14)7-15-11(17)9-4-3-8(16(18)19)5-10(9)13/h3-5H,7H2,1-2H3,(H,15,17). The first-order valence-electron chi connectivity index (χ1n) is 5.40. The number of halogens is 1. The smallest absolute Gasteiger partial charge is 0.270 e. The Hall–Kier alpha value is -2.13. The molecule has 0 fully saturated rings. The third kappa shape index (κ3) is 3.93. The van der Waals surface area contributed by atoms with Crippen LogP contribution in [0.25, 0.3) is 0 Å². The van der Waals surface area contributed by atoms with Gasteiger partial charge in [0.1, 0.15) is 0 Å². The summed E-state index contributed by atoms with van der Waals surface area (Å²) in [6.45, 7) is 3.53. The molecule has 0 heterocycles. The highest BCUT2D eigenvalue weighted by Gasteiger charge is 2.20. The summed E-state index contributed by atoms with van der Waals surface area (Å²) in [6, 6.07) is 5.66. The van der Waals surface area contributed by atoms with E-state index in [2.05, 4.69) is 5.32 Å². The minimum absolute atomic E-state index is 0.00136. The third-order valence-electron chi connectivity index (χ3n) is 2.40. The molecule has 0 bridgehead atoms. The Labute approximate surface area is 115 Å². The van der Waals surface area contributed by atoms with Gasteiger partial charge in [-0.1, -0.05) is 11.6 Å². The highest BCUT2D eigenvalue weighted by Crippen LogP contribution is 2.22. The summed E-state index contributed by atoms with van der Waals surface area (Å²) in [6.07, 6.45) is 0. The fourth-order valence-corrected chi connectivity index (χ4v) is 1.50. The summed E-state index contributed by atoms with van der Waals surface area (Å²) in [4.78, 5) is 21.8. The molecule has 0 aliphatic heterocycles. The maximum Gasteiger partial charge on any atom is 0.270 e. The van der Waals surface area contributed by atoms with Gasteiger partial charge in [-0.3, -0.25) is 14.9 Å². The van der Waals surface area contributed by atoms with Crippen LogP contribution in [0.15, 0.2) is 18.2 Å². The van der Waals surface area contributed by atoms with Gasteiger partial charge in [-0.25, -0.2) is 0 Å². The van der Waals surface area contributed by atoms with Gasteiger partial charge in [-0.05, 0) is 19.9 Å². The number of carbonyl (C=O) groups is 1. The van der Waals surface area contributed by atoms with E-state index in [1.54, 1.807) is 13.8 Å². The van der Waals surface area contributed by atoms with Crippen molar-refractivity contribution in [2.45, 2.75) is 13.8 Å². The van der Waals surface area contributed by atoms with Gasteiger partial charge in [0.2, 0.25) is 0 Å². The van der Waals surface area contributed by atoms with Crippen LogP contribution in [0.3, 0.4) is 0 Å². The number of nitriles is 1. The van der Waals surface area contributed by atoms with E-state index >= 15 is 0 Å². The summed E-state index contributed by atoms with van der Waals surface area (Å²) < 4.78 is 0. The summed E-state index contributed by atoms with van der Waals surface area (Å²) >= 11 is 5.82. The first-order valence-corrected chi connectivity index (χ1v) is 5.78. The number of hydrogen-bond donors (Lipinski definition) is 1. The number of carbonyl (C=O) groups excluding carboxylic acids is 1. The van der Waals surface area contributed by atoms with Crippen LogP contribution in [0, 0.1) is 26.9 Å². The van der Waals surface area contributed by atoms with E-state index in [1.807, 2.05) is 6.07 Å². The summed E-state index contributed by atoms with van der Waals surface area (Å²) in [7, 11) is 0. The molecule has 19 heavy (non-hydrogen) atoms. The molecule has 1 amide bonds. The SMILES string of the molecule is CC(C)(C#N)CNC(=O)c1ccc([N+](=O)[O-])cc1Cl. The zero-order valence-corrected chi connectivity index (χ0v) is 11.2. The number of amides is 1. The van der Waals surface area contributed by atoms with Crippen LogP contribution < -0.4 is 5.32 Å². The van der Waals surface area contributed by atoms with Crippen LogP contribution in [-0.4, -0.2) is 17.4 Å². The fourth-order valence-electron chi connectivity index (χ4n) is 1.24. The van der Waals surface area contributed by atoms with E-state index < -0.39 is 16.2 Å². The van der Waals surface area contributed by atoms with Crippen LogP contribution in [0.2, 0.25) is 5.02 Å². The Bertz CT molecular complexity index is 564. The van der Waals surface area contributed by atoms with E-state index in [4.69, 9.17) is 16.9 Å². The second-order valence-corrected chi connectivity index (χ2v) is 5.01. The van der Waals surface area contributed by atoms with Gasteiger partial charge in [-0.2, -0.15) is 5.26 Å². The van der Waals surface area contributed by atoms with E-state index in [0.717, 1.165) is 6.07 Å². The Morgan fingerprint density at radius 2 is 2.21 bits per heavy atom. The quantitative estimate of drug-likeness (QED) is 0.677. The third-order valence-corrected chi connectivity index (χ3v) is 2.71. The summed E-state index contributed by atoms with van der Waals surface area (Å²) in [5, 5.41) is 21.9. The van der Waals surface area contributed by atoms with E-state index in [0.29, 0.717) is 0 Å². The first kappa shape index (κ1) is 14.9. The van der Waals surface area contributed by atoms with Crippen molar-refractivity contribution in [3.05, 3.63) is 38.9 Å². The summed E-state index contributed by atoms with van der Waals surface area (Å²) in [5.41, 5.74) is -0.733. The Morgan fingerprint density at radius 3 is 2.68 bits per heavy atom. The highest BCUT2D eigenvalue weighted by molar-refractivity contribution is 6.34. The first-order chi connectivity index (χ1) is 8.76. The van der Waals surface area contributed by atoms with E-state index in [9.17, 15) is 14.9 Å². The molecule has 0 unspecified atom stereocenters. The van der Waals surface area contributed by atoms with Crippen LogP contribution in [0.4, 0.5) is 5.69 Å². The number of rotatable bonds is 4. The van der Waals surface area contributed by atoms with Gasteiger partial charge >= 0.3 is 0 Å². The molecule has 0 saturated heterocycles. The van der Waals surface area contributed by atoms with Crippen LogP contribution >= 0.6 is 11.6 Å².